The van der Waals surface area contributed by atoms with Crippen molar-refractivity contribution >= 4 is 67.1 Å². The van der Waals surface area contributed by atoms with Gasteiger partial charge in [0.25, 0.3) is 16.0 Å². The molecule has 0 saturated heterocycles. The summed E-state index contributed by atoms with van der Waals surface area (Å²) in [4.78, 5) is 12.7. The van der Waals surface area contributed by atoms with Gasteiger partial charge in [-0.15, -0.1) is 5.11 Å². The van der Waals surface area contributed by atoms with E-state index in [0.717, 1.165) is 6.07 Å². The number of ether oxygens (including phenoxy) is 1. The van der Waals surface area contributed by atoms with Gasteiger partial charge in [0.2, 0.25) is 0 Å². The molecule has 0 fully saturated rings. The van der Waals surface area contributed by atoms with Gasteiger partial charge in [0.15, 0.2) is 0 Å². The molecule has 0 radical (unpaired) electrons. The summed E-state index contributed by atoms with van der Waals surface area (Å²) in [5.74, 6) is -0.954. The number of hydrogen-bond acceptors (Lipinski definition) is 7. The molecule has 4 aromatic carbocycles. The summed E-state index contributed by atoms with van der Waals surface area (Å²) in [6, 6.07) is 15.3. The molecule has 4 aromatic rings. The number of rotatable bonds is 6. The van der Waals surface area contributed by atoms with Gasteiger partial charge < -0.3 is 15.2 Å². The molecule has 190 valence electrons. The van der Waals surface area contributed by atoms with Gasteiger partial charge in [-0.3, -0.25) is 9.35 Å². The molecular formula is C25H18Cl2N3NaO6S. The van der Waals surface area contributed by atoms with Gasteiger partial charge >= 0.3 is 29.6 Å². The zero-order chi connectivity index (χ0) is 26.9. The molecule has 0 aliphatic heterocycles. The van der Waals surface area contributed by atoms with Crippen molar-refractivity contribution in [3.05, 3.63) is 81.8 Å². The number of anilines is 1. The number of carbonyl (C=O) groups excluding carboxylic acids is 1. The summed E-state index contributed by atoms with van der Waals surface area (Å²) < 4.78 is 37.6. The van der Waals surface area contributed by atoms with Crippen LogP contribution >= 0.6 is 23.2 Å². The Hall–Kier alpha value is -2.70. The largest absolute Gasteiger partial charge is 1.00 e. The van der Waals surface area contributed by atoms with E-state index in [1.807, 2.05) is 0 Å². The molecule has 0 bridgehead atoms. The summed E-state index contributed by atoms with van der Waals surface area (Å²) in [5, 5.41) is 25.4. The van der Waals surface area contributed by atoms with E-state index in [-0.39, 0.29) is 62.0 Å². The van der Waals surface area contributed by atoms with Crippen molar-refractivity contribution in [2.24, 2.45) is 10.2 Å². The molecule has 0 aliphatic carbocycles. The zero-order valence-corrected chi connectivity index (χ0v) is 24.6. The second-order valence-electron chi connectivity index (χ2n) is 7.85. The molecule has 0 aliphatic rings. The number of carbonyl (C=O) groups is 1. The third-order valence-electron chi connectivity index (χ3n) is 5.44. The van der Waals surface area contributed by atoms with Gasteiger partial charge in [0.05, 0.1) is 22.7 Å². The monoisotopic (exact) mass is 581 g/mol. The van der Waals surface area contributed by atoms with Crippen molar-refractivity contribution in [3.63, 3.8) is 0 Å². The van der Waals surface area contributed by atoms with Crippen molar-refractivity contribution in [3.8, 4) is 11.5 Å². The van der Waals surface area contributed by atoms with E-state index in [2.05, 4.69) is 15.5 Å². The molecule has 4 rings (SSSR count). The number of fused-ring (bicyclic) bond motifs is 1. The predicted molar refractivity (Wildman–Crippen MR) is 140 cm³/mol. The van der Waals surface area contributed by atoms with Crippen LogP contribution in [0.25, 0.3) is 10.8 Å². The number of nitrogens with one attached hydrogen (secondary N) is 1. The molecule has 0 saturated carbocycles. The number of halogens is 2. The number of benzene rings is 4. The molecule has 0 unspecified atom stereocenters. The van der Waals surface area contributed by atoms with Gasteiger partial charge in [0, 0.05) is 27.7 Å². The Morgan fingerprint density at radius 3 is 2.45 bits per heavy atom. The molecule has 1 amide bonds. The maximum atomic E-state index is 13.4. The fourth-order valence-electron chi connectivity index (χ4n) is 3.64. The Morgan fingerprint density at radius 2 is 1.76 bits per heavy atom. The average Bonchev–Trinajstić information content (AvgIpc) is 2.84. The van der Waals surface area contributed by atoms with Crippen LogP contribution in [0, 0.1) is 6.92 Å². The van der Waals surface area contributed by atoms with Crippen molar-refractivity contribution in [1.82, 2.24) is 0 Å². The van der Waals surface area contributed by atoms with Crippen molar-refractivity contribution in [2.75, 3.05) is 12.4 Å². The minimum atomic E-state index is -4.49. The number of methoxy groups -OCH3 is 1. The Kier molecular flexibility index (Phi) is 9.43. The Morgan fingerprint density at radius 1 is 1.05 bits per heavy atom. The van der Waals surface area contributed by atoms with Gasteiger partial charge in [-0.1, -0.05) is 53.2 Å². The first-order valence-electron chi connectivity index (χ1n) is 10.6. The van der Waals surface area contributed by atoms with Crippen LogP contribution in [0.2, 0.25) is 10.0 Å². The first-order chi connectivity index (χ1) is 17.5. The van der Waals surface area contributed by atoms with Crippen LogP contribution in [0.5, 0.6) is 11.5 Å². The van der Waals surface area contributed by atoms with Crippen LogP contribution in [-0.2, 0) is 10.1 Å². The van der Waals surface area contributed by atoms with Crippen molar-refractivity contribution < 1.29 is 57.2 Å². The van der Waals surface area contributed by atoms with E-state index in [4.69, 9.17) is 27.9 Å². The summed E-state index contributed by atoms with van der Waals surface area (Å²) >= 11 is 12.3. The van der Waals surface area contributed by atoms with Gasteiger partial charge in [0.1, 0.15) is 11.4 Å². The fourth-order valence-corrected chi connectivity index (χ4v) is 4.85. The van der Waals surface area contributed by atoms with Crippen LogP contribution in [0.15, 0.2) is 75.8 Å². The molecule has 0 spiro atoms. The molecule has 2 N–H and O–H groups in total. The van der Waals surface area contributed by atoms with Crippen LogP contribution < -0.4 is 44.7 Å². The van der Waals surface area contributed by atoms with Crippen LogP contribution in [0.1, 0.15) is 15.9 Å². The normalized spacial score (nSPS) is 11.4. The smallest absolute Gasteiger partial charge is 0.870 e. The average molecular weight is 582 g/mol. The predicted octanol–water partition coefficient (Wildman–Crippen LogP) is 3.46. The van der Waals surface area contributed by atoms with Crippen molar-refractivity contribution in [1.29, 1.82) is 0 Å². The third kappa shape index (κ3) is 6.29. The van der Waals surface area contributed by atoms with Crippen LogP contribution in [-0.4, -0.2) is 26.0 Å². The van der Waals surface area contributed by atoms with E-state index in [9.17, 15) is 22.9 Å². The van der Waals surface area contributed by atoms with E-state index in [1.165, 1.54) is 32.2 Å². The summed E-state index contributed by atoms with van der Waals surface area (Å²) in [7, 11) is -3.03. The zero-order valence-electron chi connectivity index (χ0n) is 20.3. The summed E-state index contributed by atoms with van der Waals surface area (Å²) in [6.45, 7) is 1.40. The molecule has 0 atom stereocenters. The maximum absolute atomic E-state index is 13.4. The number of hydrogen-bond donors (Lipinski definition) is 2. The van der Waals surface area contributed by atoms with Crippen LogP contribution in [0.4, 0.5) is 17.1 Å². The van der Waals surface area contributed by atoms with E-state index in [1.54, 1.807) is 36.4 Å². The van der Waals surface area contributed by atoms with E-state index in [0.29, 0.717) is 27.2 Å². The second kappa shape index (κ2) is 12.0. The first-order valence-corrected chi connectivity index (χ1v) is 12.8. The Labute approximate surface area is 250 Å². The quantitative estimate of drug-likeness (QED) is 0.203. The molecule has 13 heteroatoms. The third-order valence-corrected chi connectivity index (χ3v) is 7.13. The standard InChI is InChI=1S/C25H19Cl2N3O6S.Na/c1-13-21(37(33,34)35)8-7-20(22(13)27)29-30-23-18-6-4-3-5-14(18)9-19(24(23)31)25(32)28-16-10-15(26)11-17(12-16)36-2;/h3-12,31H,1-2H3,(H,28,32)(H,33,34,35);/q;+1/p-1. The first kappa shape index (κ1) is 29.9. The summed E-state index contributed by atoms with van der Waals surface area (Å²) in [5.41, 5.74) is 0.162. The Balaban J connectivity index is 0.00000400. The van der Waals surface area contributed by atoms with E-state index >= 15 is 0 Å². The molecular weight excluding hydrogens is 564 g/mol. The summed E-state index contributed by atoms with van der Waals surface area (Å²) in [6.07, 6.45) is 0. The number of nitrogens with zero attached hydrogens (tertiary/aromatic N) is 2. The fraction of sp³-hybridized carbons (Fsp3) is 0.0800. The van der Waals surface area contributed by atoms with Gasteiger partial charge in [-0.25, -0.2) is 0 Å². The minimum absolute atomic E-state index is 0. The SMILES string of the molecule is COc1cc(Cl)cc(NC(=O)c2cc3ccccc3c(N=Nc3ccc(S(=O)(=O)O)c(C)c3Cl)c2[O-])c1.[Na+]. The minimum Gasteiger partial charge on any atom is -0.870 e. The second-order valence-corrected chi connectivity index (χ2v) is 10.1. The van der Waals surface area contributed by atoms with Crippen LogP contribution in [0.3, 0.4) is 0 Å². The van der Waals surface area contributed by atoms with Gasteiger partial charge in [-0.05, 0) is 48.2 Å². The molecule has 9 nitrogen and oxygen atoms in total. The van der Waals surface area contributed by atoms with Crippen molar-refractivity contribution in [2.45, 2.75) is 11.8 Å². The van der Waals surface area contributed by atoms with E-state index < -0.39 is 21.8 Å². The molecule has 0 heterocycles. The number of amides is 1. The molecule has 0 aromatic heterocycles. The Bertz CT molecular complexity index is 1700. The molecule has 38 heavy (non-hydrogen) atoms. The number of azo groups is 1. The maximum Gasteiger partial charge on any atom is 1.00 e. The topological polar surface area (TPSA) is 140 Å². The van der Waals surface area contributed by atoms with Gasteiger partial charge in [-0.2, -0.15) is 13.5 Å².